The van der Waals surface area contributed by atoms with E-state index in [1.807, 2.05) is 22.4 Å². The SMILES string of the molecule is O=C(c1nc(-c2cccs2)n(-c2ccc(F)cc2)n1)N1C2CCNCC1CC2. The molecule has 3 aromatic rings. The van der Waals surface area contributed by atoms with Gasteiger partial charge in [-0.1, -0.05) is 6.07 Å². The van der Waals surface area contributed by atoms with Crippen LogP contribution in [0.1, 0.15) is 29.9 Å². The summed E-state index contributed by atoms with van der Waals surface area (Å²) >= 11 is 1.53. The summed E-state index contributed by atoms with van der Waals surface area (Å²) in [6.45, 7) is 1.75. The van der Waals surface area contributed by atoms with Crippen LogP contribution in [0.4, 0.5) is 4.39 Å². The Kier molecular flexibility index (Phi) is 4.44. The largest absolute Gasteiger partial charge is 0.329 e. The van der Waals surface area contributed by atoms with Gasteiger partial charge in [-0.2, -0.15) is 0 Å². The molecular weight excluding hydrogens is 377 g/mol. The van der Waals surface area contributed by atoms with Crippen molar-refractivity contribution in [3.63, 3.8) is 0 Å². The van der Waals surface area contributed by atoms with Crippen LogP contribution < -0.4 is 5.32 Å². The number of carbonyl (C=O) groups excluding carboxylic acids is 1. The lowest BCUT2D eigenvalue weighted by Gasteiger charge is -2.26. The number of thiophene rings is 1. The summed E-state index contributed by atoms with van der Waals surface area (Å²) in [7, 11) is 0. The molecular formula is C20H20FN5OS. The van der Waals surface area contributed by atoms with E-state index in [1.54, 1.807) is 16.8 Å². The zero-order chi connectivity index (χ0) is 19.1. The first-order valence-corrected chi connectivity index (χ1v) is 10.4. The van der Waals surface area contributed by atoms with Crippen molar-refractivity contribution in [2.75, 3.05) is 13.1 Å². The summed E-state index contributed by atoms with van der Waals surface area (Å²) in [5, 5.41) is 9.92. The van der Waals surface area contributed by atoms with Crippen LogP contribution in [0.25, 0.3) is 16.4 Å². The Balaban J connectivity index is 1.56. The Morgan fingerprint density at radius 3 is 2.75 bits per heavy atom. The van der Waals surface area contributed by atoms with Gasteiger partial charge in [-0.25, -0.2) is 14.1 Å². The first-order chi connectivity index (χ1) is 13.7. The van der Waals surface area contributed by atoms with Gasteiger partial charge in [0.1, 0.15) is 5.82 Å². The Morgan fingerprint density at radius 1 is 1.14 bits per heavy atom. The number of amides is 1. The van der Waals surface area contributed by atoms with Crippen LogP contribution in [0, 0.1) is 5.82 Å². The van der Waals surface area contributed by atoms with Gasteiger partial charge in [0.15, 0.2) is 5.82 Å². The number of halogens is 1. The number of rotatable bonds is 3. The van der Waals surface area contributed by atoms with Gasteiger partial charge in [-0.15, -0.1) is 16.4 Å². The predicted octanol–water partition coefficient (Wildman–Crippen LogP) is 3.10. The maximum atomic E-state index is 13.4. The van der Waals surface area contributed by atoms with Gasteiger partial charge < -0.3 is 10.2 Å². The molecule has 1 amide bonds. The number of fused-ring (bicyclic) bond motifs is 2. The Hall–Kier alpha value is -2.58. The molecule has 2 atom stereocenters. The van der Waals surface area contributed by atoms with Crippen molar-refractivity contribution in [1.29, 1.82) is 0 Å². The Morgan fingerprint density at radius 2 is 1.96 bits per heavy atom. The fourth-order valence-electron chi connectivity index (χ4n) is 4.16. The third kappa shape index (κ3) is 3.02. The first-order valence-electron chi connectivity index (χ1n) is 9.51. The molecule has 2 bridgehead atoms. The van der Waals surface area contributed by atoms with Crippen molar-refractivity contribution in [2.24, 2.45) is 0 Å². The number of benzene rings is 1. The minimum Gasteiger partial charge on any atom is -0.329 e. The molecule has 8 heteroatoms. The highest BCUT2D eigenvalue weighted by atomic mass is 32.1. The molecule has 28 heavy (non-hydrogen) atoms. The lowest BCUT2D eigenvalue weighted by atomic mass is 10.1. The van der Waals surface area contributed by atoms with Gasteiger partial charge in [0.25, 0.3) is 5.91 Å². The molecule has 2 aliphatic rings. The van der Waals surface area contributed by atoms with Crippen molar-refractivity contribution in [3.8, 4) is 16.4 Å². The number of aromatic nitrogens is 3. The predicted molar refractivity (Wildman–Crippen MR) is 105 cm³/mol. The zero-order valence-corrected chi connectivity index (χ0v) is 16.0. The Bertz CT molecular complexity index is 971. The Labute approximate surface area is 166 Å². The standard InChI is InChI=1S/C20H20FN5OS/c21-13-3-5-15(6-4-13)26-19(17-2-1-11-28-17)23-18(24-26)20(27)25-14-7-8-16(25)12-22-10-9-14/h1-6,11,14,16,22H,7-10,12H2. The van der Waals surface area contributed by atoms with Gasteiger partial charge in [0.2, 0.25) is 5.82 Å². The minimum atomic E-state index is -0.313. The fraction of sp³-hybridized carbons (Fsp3) is 0.350. The highest BCUT2D eigenvalue weighted by molar-refractivity contribution is 7.13. The van der Waals surface area contributed by atoms with Crippen molar-refractivity contribution in [3.05, 3.63) is 53.4 Å². The number of carbonyl (C=O) groups is 1. The molecule has 0 spiro atoms. The van der Waals surface area contributed by atoms with Crippen molar-refractivity contribution in [1.82, 2.24) is 25.0 Å². The number of hydrogen-bond donors (Lipinski definition) is 1. The van der Waals surface area contributed by atoms with Crippen LogP contribution in [-0.2, 0) is 0 Å². The molecule has 5 rings (SSSR count). The second-order valence-corrected chi connectivity index (χ2v) is 8.16. The summed E-state index contributed by atoms with van der Waals surface area (Å²) < 4.78 is 15.0. The van der Waals surface area contributed by atoms with Gasteiger partial charge in [0.05, 0.1) is 10.6 Å². The van der Waals surface area contributed by atoms with Crippen LogP contribution in [0.15, 0.2) is 41.8 Å². The number of nitrogens with one attached hydrogen (secondary N) is 1. The summed E-state index contributed by atoms with van der Waals surface area (Å²) in [5.74, 6) is 0.373. The molecule has 1 aromatic carbocycles. The summed E-state index contributed by atoms with van der Waals surface area (Å²) in [5.41, 5.74) is 0.678. The topological polar surface area (TPSA) is 63.1 Å². The normalized spacial score (nSPS) is 21.7. The summed E-state index contributed by atoms with van der Waals surface area (Å²) in [4.78, 5) is 20.8. The van der Waals surface area contributed by atoms with Crippen LogP contribution in [0.2, 0.25) is 0 Å². The molecule has 2 unspecified atom stereocenters. The van der Waals surface area contributed by atoms with Crippen LogP contribution >= 0.6 is 11.3 Å². The molecule has 2 aliphatic heterocycles. The van der Waals surface area contributed by atoms with Gasteiger partial charge >= 0.3 is 0 Å². The van der Waals surface area contributed by atoms with E-state index in [-0.39, 0.29) is 29.6 Å². The maximum absolute atomic E-state index is 13.4. The lowest BCUT2D eigenvalue weighted by Crippen LogP contribution is -2.43. The van der Waals surface area contributed by atoms with Crippen LogP contribution in [-0.4, -0.2) is 50.7 Å². The average Bonchev–Trinajstić information content (AvgIpc) is 3.39. The minimum absolute atomic E-state index is 0.116. The van der Waals surface area contributed by atoms with E-state index >= 15 is 0 Å². The second-order valence-electron chi connectivity index (χ2n) is 7.21. The molecule has 0 radical (unpaired) electrons. The van der Waals surface area contributed by atoms with Gasteiger partial charge in [-0.05, 0) is 61.5 Å². The molecule has 6 nitrogen and oxygen atoms in total. The van der Waals surface area contributed by atoms with E-state index in [1.165, 1.54) is 23.5 Å². The number of nitrogens with zero attached hydrogens (tertiary/aromatic N) is 4. The maximum Gasteiger partial charge on any atom is 0.294 e. The van der Waals surface area contributed by atoms with Crippen molar-refractivity contribution in [2.45, 2.75) is 31.3 Å². The van der Waals surface area contributed by atoms with Crippen LogP contribution in [0.3, 0.4) is 0 Å². The molecule has 2 aromatic heterocycles. The van der Waals surface area contributed by atoms with E-state index in [9.17, 15) is 9.18 Å². The zero-order valence-electron chi connectivity index (χ0n) is 15.2. The van der Waals surface area contributed by atoms with E-state index < -0.39 is 0 Å². The number of hydrogen-bond acceptors (Lipinski definition) is 5. The molecule has 4 heterocycles. The van der Waals surface area contributed by atoms with Crippen molar-refractivity contribution >= 4 is 17.2 Å². The molecule has 0 aliphatic carbocycles. The molecule has 2 saturated heterocycles. The smallest absolute Gasteiger partial charge is 0.294 e. The van der Waals surface area contributed by atoms with E-state index in [0.717, 1.165) is 37.2 Å². The molecule has 2 fully saturated rings. The second kappa shape index (κ2) is 7.10. The van der Waals surface area contributed by atoms with E-state index in [2.05, 4.69) is 15.4 Å². The van der Waals surface area contributed by atoms with Gasteiger partial charge in [-0.3, -0.25) is 4.79 Å². The average molecular weight is 397 g/mol. The molecule has 144 valence electrons. The third-order valence-electron chi connectivity index (χ3n) is 5.50. The van der Waals surface area contributed by atoms with E-state index in [0.29, 0.717) is 11.5 Å². The summed E-state index contributed by atoms with van der Waals surface area (Å²) in [6.07, 6.45) is 3.01. The lowest BCUT2D eigenvalue weighted by molar-refractivity contribution is 0.0667. The highest BCUT2D eigenvalue weighted by Crippen LogP contribution is 2.31. The first kappa shape index (κ1) is 17.5. The molecule has 1 N–H and O–H groups in total. The fourth-order valence-corrected chi connectivity index (χ4v) is 4.86. The highest BCUT2D eigenvalue weighted by Gasteiger charge is 2.40. The third-order valence-corrected chi connectivity index (χ3v) is 6.37. The quantitative estimate of drug-likeness (QED) is 0.738. The van der Waals surface area contributed by atoms with E-state index in [4.69, 9.17) is 0 Å². The monoisotopic (exact) mass is 397 g/mol. The molecule has 0 saturated carbocycles. The van der Waals surface area contributed by atoms with Crippen molar-refractivity contribution < 1.29 is 9.18 Å². The summed E-state index contributed by atoms with van der Waals surface area (Å²) in [6, 6.07) is 10.4. The van der Waals surface area contributed by atoms with Gasteiger partial charge in [0, 0.05) is 18.6 Å². The van der Waals surface area contributed by atoms with Crippen LogP contribution in [0.5, 0.6) is 0 Å².